The van der Waals surface area contributed by atoms with Gasteiger partial charge in [-0.15, -0.1) is 0 Å². The number of likely N-dealkylation sites (tertiary alicyclic amines) is 1. The molecule has 0 unspecified atom stereocenters. The fourth-order valence-corrected chi connectivity index (χ4v) is 7.48. The number of rotatable bonds is 9. The number of ether oxygens (including phenoxy) is 1. The summed E-state index contributed by atoms with van der Waals surface area (Å²) in [7, 11) is -4.03. The normalized spacial score (nSPS) is 19.7. The van der Waals surface area contributed by atoms with Crippen LogP contribution in [-0.2, 0) is 21.0 Å². The molecule has 2 saturated heterocycles. The summed E-state index contributed by atoms with van der Waals surface area (Å²) >= 11 is 0. The van der Waals surface area contributed by atoms with E-state index >= 15 is 0 Å². The van der Waals surface area contributed by atoms with Crippen LogP contribution in [-0.4, -0.2) is 96.7 Å². The first kappa shape index (κ1) is 39.2. The Morgan fingerprint density at radius 3 is 2.15 bits per heavy atom. The number of aliphatic imine (C=N–C) groups is 1. The molecule has 0 aliphatic carbocycles. The van der Waals surface area contributed by atoms with Crippen molar-refractivity contribution in [3.05, 3.63) is 69.1 Å². The predicted molar refractivity (Wildman–Crippen MR) is 176 cm³/mol. The molecule has 2 aromatic carbocycles. The van der Waals surface area contributed by atoms with Crippen LogP contribution in [0.15, 0.2) is 40.7 Å². The van der Waals surface area contributed by atoms with E-state index < -0.39 is 63.5 Å². The minimum absolute atomic E-state index is 0.140. The fraction of sp³-hybridized carbons (Fsp3) is 0.500. The lowest BCUT2D eigenvalue weighted by Gasteiger charge is -2.36. The molecule has 2 aromatic rings. The van der Waals surface area contributed by atoms with Gasteiger partial charge in [0, 0.05) is 42.7 Å². The summed E-state index contributed by atoms with van der Waals surface area (Å²) < 4.78 is 125. The maximum absolute atomic E-state index is 13.6. The molecule has 0 aromatic heterocycles. The molecule has 3 aliphatic heterocycles. The molecule has 0 atom stereocenters. The Hall–Kier alpha value is -4.03. The lowest BCUT2D eigenvalue weighted by Crippen LogP contribution is -2.50. The highest BCUT2D eigenvalue weighted by Gasteiger charge is 2.48. The van der Waals surface area contributed by atoms with Gasteiger partial charge in [-0.1, -0.05) is 0 Å². The Balaban J connectivity index is 1.29. The molecule has 3 heterocycles. The van der Waals surface area contributed by atoms with E-state index in [9.17, 15) is 53.8 Å². The number of nitrogens with zero attached hydrogens (tertiary/aromatic N) is 3. The molecule has 0 bridgehead atoms. The van der Waals surface area contributed by atoms with Crippen LogP contribution in [0.25, 0.3) is 6.08 Å². The van der Waals surface area contributed by atoms with Gasteiger partial charge in [-0.05, 0) is 99.6 Å². The third kappa shape index (κ3) is 8.44. The van der Waals surface area contributed by atoms with Crippen LogP contribution < -0.4 is 10.1 Å². The summed E-state index contributed by atoms with van der Waals surface area (Å²) in [5, 5.41) is 13.6. The van der Waals surface area contributed by atoms with Crippen molar-refractivity contribution in [1.29, 1.82) is 0 Å². The Labute approximate surface area is 295 Å². The van der Waals surface area contributed by atoms with E-state index in [0.717, 1.165) is 15.8 Å². The number of carbonyl (C=O) groups excluding carboxylic acids is 2. The maximum Gasteiger partial charge on any atom is 0.416 e. The highest BCUT2D eigenvalue weighted by atomic mass is 32.2. The van der Waals surface area contributed by atoms with Crippen molar-refractivity contribution in [2.75, 3.05) is 32.8 Å². The van der Waals surface area contributed by atoms with Gasteiger partial charge >= 0.3 is 18.5 Å². The number of aliphatic hydroxyl groups is 1. The lowest BCUT2D eigenvalue weighted by atomic mass is 9.89. The molecule has 5 rings (SSSR count). The fourth-order valence-electron chi connectivity index (χ4n) is 6.30. The summed E-state index contributed by atoms with van der Waals surface area (Å²) in [6, 6.07) is 5.14. The van der Waals surface area contributed by atoms with Crippen molar-refractivity contribution < 1.29 is 58.6 Å². The van der Waals surface area contributed by atoms with E-state index in [4.69, 9.17) is 0 Å². The molecule has 2 N–H and O–H groups in total. The zero-order chi connectivity index (χ0) is 38.4. The molecule has 52 heavy (non-hydrogen) atoms. The van der Waals surface area contributed by atoms with Crippen LogP contribution in [0.4, 0.5) is 30.7 Å². The van der Waals surface area contributed by atoms with Crippen LogP contribution in [0.3, 0.4) is 0 Å². The number of nitrogens with one attached hydrogen (secondary N) is 1. The zero-order valence-corrected chi connectivity index (χ0v) is 29.2. The standard InChI is InChI=1S/C34H37F7N4O6S/c1-20-14-23(28(46)44-9-5-31(3,48)6-10-44)15-21(2)26(20)4-13-52(49,50)45-11-7-32(8-12-45)30(47)42-27(43-32)22-16-24(34(39,40)41)18-25(17-22)51-19-33(37,38)29(35)36/h4,13-18,29,48H,5-12,19H2,1-3H3,(H,42,43,47). The van der Waals surface area contributed by atoms with Crippen LogP contribution in [0.2, 0.25) is 0 Å². The molecule has 3 aliphatic rings. The lowest BCUT2D eigenvalue weighted by molar-refractivity contribution is -0.148. The number of sulfonamides is 1. The van der Waals surface area contributed by atoms with E-state index in [0.29, 0.717) is 60.3 Å². The average molecular weight is 763 g/mol. The highest BCUT2D eigenvalue weighted by Crippen LogP contribution is 2.37. The number of carbonyl (C=O) groups is 2. The van der Waals surface area contributed by atoms with E-state index in [-0.39, 0.29) is 43.2 Å². The summed E-state index contributed by atoms with van der Waals surface area (Å²) in [5.74, 6) is -6.69. The Morgan fingerprint density at radius 1 is 1.00 bits per heavy atom. The third-order valence-electron chi connectivity index (χ3n) is 9.52. The number of amidine groups is 1. The van der Waals surface area contributed by atoms with E-state index in [1.807, 2.05) is 0 Å². The molecule has 10 nitrogen and oxygen atoms in total. The zero-order valence-electron chi connectivity index (χ0n) is 28.4. The van der Waals surface area contributed by atoms with E-state index in [2.05, 4.69) is 15.0 Å². The number of benzene rings is 2. The van der Waals surface area contributed by atoms with Crippen molar-refractivity contribution in [3.63, 3.8) is 0 Å². The number of aryl methyl sites for hydroxylation is 2. The number of alkyl halides is 7. The summed E-state index contributed by atoms with van der Waals surface area (Å²) in [5.41, 5.74) is -1.76. The first-order chi connectivity index (χ1) is 24.0. The first-order valence-corrected chi connectivity index (χ1v) is 17.8. The van der Waals surface area contributed by atoms with Gasteiger partial charge in [0.25, 0.3) is 11.8 Å². The molecular weight excluding hydrogens is 725 g/mol. The Bertz CT molecular complexity index is 1870. The smallest absolute Gasteiger partial charge is 0.416 e. The topological polar surface area (TPSA) is 129 Å². The molecule has 2 fully saturated rings. The second-order valence-electron chi connectivity index (χ2n) is 13.6. The Kier molecular flexibility index (Phi) is 10.6. The molecule has 284 valence electrons. The SMILES string of the molecule is Cc1cc(C(=O)N2CCC(C)(O)CC2)cc(C)c1C=CS(=O)(=O)N1CCC2(CC1)N=C(c1cc(OCC(F)(F)C(F)F)cc(C(F)(F)F)c1)NC2=O. The van der Waals surface area contributed by atoms with Crippen molar-refractivity contribution in [2.45, 2.75) is 76.1 Å². The molecule has 2 amide bonds. The molecule has 1 spiro atoms. The van der Waals surface area contributed by atoms with Crippen LogP contribution in [0, 0.1) is 13.8 Å². The maximum atomic E-state index is 13.6. The minimum Gasteiger partial charge on any atom is -0.487 e. The van der Waals surface area contributed by atoms with Gasteiger partial charge in [-0.25, -0.2) is 17.2 Å². The average Bonchev–Trinajstić information content (AvgIpc) is 3.37. The number of piperidine rings is 2. The first-order valence-electron chi connectivity index (χ1n) is 16.3. The van der Waals surface area contributed by atoms with Crippen LogP contribution in [0.5, 0.6) is 5.75 Å². The van der Waals surface area contributed by atoms with E-state index in [1.165, 1.54) is 6.08 Å². The van der Waals surface area contributed by atoms with Crippen molar-refractivity contribution in [3.8, 4) is 5.75 Å². The van der Waals surface area contributed by atoms with Crippen molar-refractivity contribution in [2.24, 2.45) is 4.99 Å². The summed E-state index contributed by atoms with van der Waals surface area (Å²) in [4.78, 5) is 32.2. The van der Waals surface area contributed by atoms with Crippen molar-refractivity contribution in [1.82, 2.24) is 14.5 Å². The van der Waals surface area contributed by atoms with E-state index in [1.54, 1.807) is 37.8 Å². The van der Waals surface area contributed by atoms with Crippen LogP contribution >= 0.6 is 0 Å². The predicted octanol–water partition coefficient (Wildman–Crippen LogP) is 5.30. The van der Waals surface area contributed by atoms with Gasteiger partial charge < -0.3 is 20.1 Å². The Morgan fingerprint density at radius 2 is 1.60 bits per heavy atom. The number of halogens is 7. The quantitative estimate of drug-likeness (QED) is 0.334. The second kappa shape index (κ2) is 14.1. The van der Waals surface area contributed by atoms with Gasteiger partial charge in [-0.3, -0.25) is 14.6 Å². The number of hydrogen-bond acceptors (Lipinski definition) is 7. The number of amides is 2. The molecule has 0 radical (unpaired) electrons. The number of hydrogen-bond donors (Lipinski definition) is 2. The van der Waals surface area contributed by atoms with Gasteiger partial charge in [0.15, 0.2) is 6.61 Å². The highest BCUT2D eigenvalue weighted by molar-refractivity contribution is 7.92. The van der Waals surface area contributed by atoms with Gasteiger partial charge in [-0.2, -0.15) is 26.3 Å². The van der Waals surface area contributed by atoms with Gasteiger partial charge in [0.05, 0.1) is 11.2 Å². The summed E-state index contributed by atoms with van der Waals surface area (Å²) in [6.07, 6.45) is -7.07. The minimum atomic E-state index is -5.00. The van der Waals surface area contributed by atoms with Gasteiger partial charge in [0.2, 0.25) is 10.0 Å². The third-order valence-corrected chi connectivity index (χ3v) is 11.1. The summed E-state index contributed by atoms with van der Waals surface area (Å²) in [6.45, 7) is 3.78. The second-order valence-corrected chi connectivity index (χ2v) is 15.4. The van der Waals surface area contributed by atoms with Crippen LogP contribution in [0.1, 0.15) is 70.8 Å². The molecule has 18 heteroatoms. The molecular formula is C34H37F7N4O6S. The monoisotopic (exact) mass is 762 g/mol. The van der Waals surface area contributed by atoms with Gasteiger partial charge in [0.1, 0.15) is 17.1 Å². The largest absolute Gasteiger partial charge is 0.487 e. The molecule has 0 saturated carbocycles. The van der Waals surface area contributed by atoms with Crippen molar-refractivity contribution >= 4 is 33.7 Å².